The van der Waals surface area contributed by atoms with Crippen molar-refractivity contribution in [2.45, 2.75) is 33.2 Å². The van der Waals surface area contributed by atoms with Gasteiger partial charge in [-0.15, -0.1) is 0 Å². The van der Waals surface area contributed by atoms with Crippen molar-refractivity contribution >= 4 is 0 Å². The molecule has 0 amide bonds. The van der Waals surface area contributed by atoms with Crippen molar-refractivity contribution in [3.63, 3.8) is 0 Å². The molecule has 21 heavy (non-hydrogen) atoms. The van der Waals surface area contributed by atoms with Crippen LogP contribution >= 0.6 is 0 Å². The molecule has 1 atom stereocenters. The van der Waals surface area contributed by atoms with Crippen LogP contribution in [0.25, 0.3) is 0 Å². The zero-order valence-corrected chi connectivity index (χ0v) is 12.9. The Kier molecular flexibility index (Phi) is 4.73. The second-order valence-corrected chi connectivity index (χ2v) is 5.55. The maximum atomic E-state index is 13.9. The summed E-state index contributed by atoms with van der Waals surface area (Å²) in [6.45, 7) is 6.19. The highest BCUT2D eigenvalue weighted by Crippen LogP contribution is 2.26. The lowest BCUT2D eigenvalue weighted by Crippen LogP contribution is -2.21. The molecule has 2 aromatic carbocycles. The highest BCUT2D eigenvalue weighted by atomic mass is 19.2. The van der Waals surface area contributed by atoms with Crippen LogP contribution < -0.4 is 5.32 Å². The Morgan fingerprint density at radius 1 is 1.00 bits per heavy atom. The molecule has 0 spiro atoms. The predicted molar refractivity (Wildman–Crippen MR) is 82.5 cm³/mol. The van der Waals surface area contributed by atoms with Gasteiger partial charge in [0.1, 0.15) is 0 Å². The zero-order chi connectivity index (χ0) is 15.6. The fourth-order valence-electron chi connectivity index (χ4n) is 2.65. The number of nitrogens with one attached hydrogen (secondary N) is 1. The Morgan fingerprint density at radius 2 is 1.67 bits per heavy atom. The van der Waals surface area contributed by atoms with Crippen LogP contribution in [-0.4, -0.2) is 7.05 Å². The van der Waals surface area contributed by atoms with Crippen molar-refractivity contribution in [3.8, 4) is 0 Å². The summed E-state index contributed by atoms with van der Waals surface area (Å²) in [5.74, 6) is -1.54. The number of rotatable bonds is 4. The van der Waals surface area contributed by atoms with Crippen molar-refractivity contribution in [3.05, 3.63) is 69.8 Å². The first-order valence-electron chi connectivity index (χ1n) is 7.12. The zero-order valence-electron chi connectivity index (χ0n) is 12.9. The average Bonchev–Trinajstić information content (AvgIpc) is 2.45. The Bertz CT molecular complexity index is 650. The molecular weight excluding hydrogens is 268 g/mol. The Morgan fingerprint density at radius 3 is 2.33 bits per heavy atom. The third kappa shape index (κ3) is 3.30. The fourth-order valence-corrected chi connectivity index (χ4v) is 2.65. The molecule has 1 N–H and O–H groups in total. The highest BCUT2D eigenvalue weighted by molar-refractivity contribution is 5.39. The van der Waals surface area contributed by atoms with Gasteiger partial charge in [0.2, 0.25) is 0 Å². The van der Waals surface area contributed by atoms with Crippen LogP contribution in [0.4, 0.5) is 8.78 Å². The summed E-state index contributed by atoms with van der Waals surface area (Å²) in [7, 11) is 1.84. The minimum absolute atomic E-state index is 0.0411. The lowest BCUT2D eigenvalue weighted by Gasteiger charge is -2.21. The lowest BCUT2D eigenvalue weighted by molar-refractivity contribution is 0.486. The quantitative estimate of drug-likeness (QED) is 0.880. The standard InChI is InChI=1S/C18H21F2N/c1-11-8-13(3)15(9-12(11)2)17(21-4)10-14-6-5-7-16(19)18(14)20/h5-9,17,21H,10H2,1-4H3. The number of aryl methyl sites for hydroxylation is 3. The van der Waals surface area contributed by atoms with Gasteiger partial charge in [0.15, 0.2) is 11.6 Å². The Balaban J connectivity index is 2.37. The van der Waals surface area contributed by atoms with Gasteiger partial charge in [-0.1, -0.05) is 24.3 Å². The molecule has 0 aliphatic rings. The largest absolute Gasteiger partial charge is 0.313 e. The molecule has 0 saturated carbocycles. The molecule has 3 heteroatoms. The molecule has 0 aliphatic carbocycles. The van der Waals surface area contributed by atoms with Gasteiger partial charge in [-0.05, 0) is 68.1 Å². The summed E-state index contributed by atoms with van der Waals surface area (Å²) < 4.78 is 27.2. The van der Waals surface area contributed by atoms with Crippen LogP contribution in [0.5, 0.6) is 0 Å². The predicted octanol–water partition coefficient (Wildman–Crippen LogP) is 4.39. The van der Waals surface area contributed by atoms with Gasteiger partial charge in [-0.2, -0.15) is 0 Å². The van der Waals surface area contributed by atoms with Crippen molar-refractivity contribution in [2.75, 3.05) is 7.05 Å². The number of hydrogen-bond donors (Lipinski definition) is 1. The number of benzene rings is 2. The summed E-state index contributed by atoms with van der Waals surface area (Å²) in [5.41, 5.74) is 5.13. The number of halogens is 2. The molecule has 0 aromatic heterocycles. The van der Waals surface area contributed by atoms with Crippen molar-refractivity contribution < 1.29 is 8.78 Å². The van der Waals surface area contributed by atoms with Crippen molar-refractivity contribution in [2.24, 2.45) is 0 Å². The molecule has 0 fully saturated rings. The number of likely N-dealkylation sites (N-methyl/N-ethyl adjacent to an activating group) is 1. The van der Waals surface area contributed by atoms with E-state index in [9.17, 15) is 8.78 Å². The van der Waals surface area contributed by atoms with E-state index in [1.165, 1.54) is 11.1 Å². The topological polar surface area (TPSA) is 12.0 Å². The summed E-state index contributed by atoms with van der Waals surface area (Å²) in [4.78, 5) is 0. The third-order valence-corrected chi connectivity index (χ3v) is 4.06. The minimum atomic E-state index is -0.792. The molecule has 2 rings (SSSR count). The highest BCUT2D eigenvalue weighted by Gasteiger charge is 2.17. The first kappa shape index (κ1) is 15.6. The van der Waals surface area contributed by atoms with Gasteiger partial charge in [-0.3, -0.25) is 0 Å². The van der Waals surface area contributed by atoms with Crippen LogP contribution in [0.2, 0.25) is 0 Å². The lowest BCUT2D eigenvalue weighted by atomic mass is 9.92. The molecule has 1 unspecified atom stereocenters. The molecular formula is C18H21F2N. The second kappa shape index (κ2) is 6.35. The smallest absolute Gasteiger partial charge is 0.162 e. The van der Waals surface area contributed by atoms with E-state index in [0.29, 0.717) is 12.0 Å². The summed E-state index contributed by atoms with van der Waals surface area (Å²) in [6, 6.07) is 8.56. The first-order chi connectivity index (χ1) is 9.93. The van der Waals surface area contributed by atoms with Gasteiger partial charge in [0, 0.05) is 6.04 Å². The van der Waals surface area contributed by atoms with E-state index in [1.807, 2.05) is 14.0 Å². The summed E-state index contributed by atoms with van der Waals surface area (Å²) in [6.07, 6.45) is 0.420. The van der Waals surface area contributed by atoms with Crippen LogP contribution in [-0.2, 0) is 6.42 Å². The van der Waals surface area contributed by atoms with E-state index >= 15 is 0 Å². The van der Waals surface area contributed by atoms with E-state index in [1.54, 1.807) is 12.1 Å². The molecule has 112 valence electrons. The molecule has 0 heterocycles. The van der Waals surface area contributed by atoms with Gasteiger partial charge in [0.25, 0.3) is 0 Å². The van der Waals surface area contributed by atoms with Crippen LogP contribution in [0.15, 0.2) is 30.3 Å². The second-order valence-electron chi connectivity index (χ2n) is 5.55. The Labute approximate surface area is 125 Å². The Hall–Kier alpha value is -1.74. The normalized spacial score (nSPS) is 12.5. The van der Waals surface area contributed by atoms with Gasteiger partial charge >= 0.3 is 0 Å². The van der Waals surface area contributed by atoms with Gasteiger partial charge in [0.05, 0.1) is 0 Å². The molecule has 0 aliphatic heterocycles. The summed E-state index contributed by atoms with van der Waals surface area (Å²) in [5, 5.41) is 3.21. The van der Waals surface area contributed by atoms with Crippen LogP contribution in [0.1, 0.15) is 33.9 Å². The average molecular weight is 289 g/mol. The van der Waals surface area contributed by atoms with Crippen molar-refractivity contribution in [1.82, 2.24) is 5.32 Å². The first-order valence-corrected chi connectivity index (χ1v) is 7.12. The van der Waals surface area contributed by atoms with Crippen molar-refractivity contribution in [1.29, 1.82) is 0 Å². The maximum absolute atomic E-state index is 13.9. The van der Waals surface area contributed by atoms with E-state index in [0.717, 1.165) is 17.2 Å². The maximum Gasteiger partial charge on any atom is 0.162 e. The van der Waals surface area contributed by atoms with E-state index in [-0.39, 0.29) is 6.04 Å². The summed E-state index contributed by atoms with van der Waals surface area (Å²) >= 11 is 0. The monoisotopic (exact) mass is 289 g/mol. The van der Waals surface area contributed by atoms with E-state index in [2.05, 4.69) is 31.3 Å². The van der Waals surface area contributed by atoms with Gasteiger partial charge < -0.3 is 5.32 Å². The van der Waals surface area contributed by atoms with E-state index < -0.39 is 11.6 Å². The van der Waals surface area contributed by atoms with E-state index in [4.69, 9.17) is 0 Å². The van der Waals surface area contributed by atoms with Crippen LogP contribution in [0.3, 0.4) is 0 Å². The molecule has 2 aromatic rings. The fraction of sp³-hybridized carbons (Fsp3) is 0.333. The molecule has 1 nitrogen and oxygen atoms in total. The van der Waals surface area contributed by atoms with Crippen LogP contribution in [0, 0.1) is 32.4 Å². The minimum Gasteiger partial charge on any atom is -0.313 e. The molecule has 0 radical (unpaired) electrons. The molecule has 0 bridgehead atoms. The third-order valence-electron chi connectivity index (χ3n) is 4.06. The molecule has 0 saturated heterocycles. The SMILES string of the molecule is CNC(Cc1cccc(F)c1F)c1cc(C)c(C)cc1C. The van der Waals surface area contributed by atoms with Gasteiger partial charge in [-0.25, -0.2) is 8.78 Å². The number of hydrogen-bond acceptors (Lipinski definition) is 1.